The summed E-state index contributed by atoms with van der Waals surface area (Å²) in [6.45, 7) is 5.04. The lowest BCUT2D eigenvalue weighted by molar-refractivity contribution is -0.159. The molecular formula is C13H23F3N2O3S. The normalized spacial score (nSPS) is 23.1. The number of halogens is 3. The minimum atomic E-state index is -4.53. The Bertz CT molecular complexity index is 498. The van der Waals surface area contributed by atoms with Gasteiger partial charge in [-0.1, -0.05) is 20.8 Å². The first kappa shape index (κ1) is 19.1. The summed E-state index contributed by atoms with van der Waals surface area (Å²) in [5, 5.41) is 4.27. The molecule has 9 heteroatoms. The van der Waals surface area contributed by atoms with Gasteiger partial charge in [-0.15, -0.1) is 0 Å². The Kier molecular flexibility index (Phi) is 5.75. The Morgan fingerprint density at radius 3 is 2.27 bits per heavy atom. The van der Waals surface area contributed by atoms with Crippen molar-refractivity contribution in [2.24, 2.45) is 11.3 Å². The highest BCUT2D eigenvalue weighted by molar-refractivity contribution is 7.91. The van der Waals surface area contributed by atoms with E-state index in [1.54, 1.807) is 20.8 Å². The molecule has 2 unspecified atom stereocenters. The van der Waals surface area contributed by atoms with Crippen molar-refractivity contribution in [3.05, 3.63) is 0 Å². The van der Waals surface area contributed by atoms with Gasteiger partial charge in [0.1, 0.15) is 6.04 Å². The van der Waals surface area contributed by atoms with Gasteiger partial charge >= 0.3 is 12.2 Å². The molecule has 0 aliphatic carbocycles. The molecule has 1 fully saturated rings. The third kappa shape index (κ3) is 6.85. The standard InChI is InChI=1S/C13H23F3N2O3S/c1-12(2,3)6-10(13(14,15)16)18-11(19)17-7-9-4-5-22(20,21)8-9/h9-10H,4-8H2,1-3H3,(H2,17,18,19). The molecule has 0 bridgehead atoms. The van der Waals surface area contributed by atoms with Gasteiger partial charge < -0.3 is 10.6 Å². The van der Waals surface area contributed by atoms with E-state index >= 15 is 0 Å². The average Bonchev–Trinajstić information content (AvgIpc) is 2.62. The van der Waals surface area contributed by atoms with Crippen LogP contribution >= 0.6 is 0 Å². The van der Waals surface area contributed by atoms with Crippen molar-refractivity contribution in [1.29, 1.82) is 0 Å². The molecule has 0 aromatic rings. The first-order chi connectivity index (χ1) is 9.78. The highest BCUT2D eigenvalue weighted by Gasteiger charge is 2.42. The lowest BCUT2D eigenvalue weighted by atomic mass is 9.88. The predicted octanol–water partition coefficient (Wildman–Crippen LogP) is 2.09. The third-order valence-corrected chi connectivity index (χ3v) is 5.23. The van der Waals surface area contributed by atoms with Crippen LogP contribution in [0.4, 0.5) is 18.0 Å². The fourth-order valence-corrected chi connectivity index (χ4v) is 4.20. The van der Waals surface area contributed by atoms with Gasteiger partial charge in [-0.2, -0.15) is 13.2 Å². The lowest BCUT2D eigenvalue weighted by Gasteiger charge is -2.28. The van der Waals surface area contributed by atoms with Gasteiger partial charge in [-0.3, -0.25) is 0 Å². The number of nitrogens with one attached hydrogen (secondary N) is 2. The molecule has 0 aromatic carbocycles. The molecule has 130 valence electrons. The summed E-state index contributed by atoms with van der Waals surface area (Å²) in [6.07, 6.45) is -4.34. The van der Waals surface area contributed by atoms with Gasteiger partial charge in [0.25, 0.3) is 0 Å². The smallest absolute Gasteiger partial charge is 0.338 e. The van der Waals surface area contributed by atoms with E-state index in [0.29, 0.717) is 6.42 Å². The van der Waals surface area contributed by atoms with Crippen LogP contribution < -0.4 is 10.6 Å². The van der Waals surface area contributed by atoms with Crippen LogP contribution in [0.3, 0.4) is 0 Å². The monoisotopic (exact) mass is 344 g/mol. The zero-order chi connectivity index (χ0) is 17.2. The number of hydrogen-bond acceptors (Lipinski definition) is 3. The predicted molar refractivity (Wildman–Crippen MR) is 77.2 cm³/mol. The molecule has 0 saturated carbocycles. The van der Waals surface area contributed by atoms with Crippen LogP contribution in [0.5, 0.6) is 0 Å². The van der Waals surface area contributed by atoms with Crippen molar-refractivity contribution in [2.75, 3.05) is 18.1 Å². The summed E-state index contributed by atoms with van der Waals surface area (Å²) in [5.41, 5.74) is -0.590. The molecule has 1 aliphatic rings. The van der Waals surface area contributed by atoms with Crippen LogP contribution in [0.2, 0.25) is 0 Å². The molecular weight excluding hydrogens is 321 g/mol. The molecule has 0 radical (unpaired) electrons. The second kappa shape index (κ2) is 6.64. The zero-order valence-corrected chi connectivity index (χ0v) is 13.8. The van der Waals surface area contributed by atoms with Crippen LogP contribution in [0.15, 0.2) is 0 Å². The van der Waals surface area contributed by atoms with Gasteiger partial charge in [0.2, 0.25) is 0 Å². The maximum Gasteiger partial charge on any atom is 0.408 e. The van der Waals surface area contributed by atoms with Gasteiger partial charge in [-0.05, 0) is 24.2 Å². The zero-order valence-electron chi connectivity index (χ0n) is 13.0. The molecule has 1 heterocycles. The second-order valence-electron chi connectivity index (χ2n) is 6.98. The fraction of sp³-hybridized carbons (Fsp3) is 0.923. The quantitative estimate of drug-likeness (QED) is 0.820. The van der Waals surface area contributed by atoms with E-state index in [1.807, 2.05) is 5.32 Å². The molecule has 5 nitrogen and oxygen atoms in total. The Balaban J connectivity index is 2.50. The van der Waals surface area contributed by atoms with Crippen molar-refractivity contribution in [1.82, 2.24) is 10.6 Å². The van der Waals surface area contributed by atoms with E-state index in [9.17, 15) is 26.4 Å². The van der Waals surface area contributed by atoms with Gasteiger partial charge in [0.05, 0.1) is 11.5 Å². The van der Waals surface area contributed by atoms with E-state index in [1.165, 1.54) is 0 Å². The fourth-order valence-electron chi connectivity index (χ4n) is 2.34. The number of alkyl halides is 3. The summed E-state index contributed by atoms with van der Waals surface area (Å²) < 4.78 is 61.3. The SMILES string of the molecule is CC(C)(C)CC(NC(=O)NCC1CCS(=O)(=O)C1)C(F)(F)F. The Morgan fingerprint density at radius 2 is 1.86 bits per heavy atom. The van der Waals surface area contributed by atoms with Crippen molar-refractivity contribution in [3.8, 4) is 0 Å². The Hall–Kier alpha value is -0.990. The van der Waals surface area contributed by atoms with Gasteiger partial charge in [0, 0.05) is 6.54 Å². The van der Waals surface area contributed by atoms with Crippen LogP contribution in [0, 0.1) is 11.3 Å². The third-order valence-electron chi connectivity index (χ3n) is 3.39. The average molecular weight is 344 g/mol. The highest BCUT2D eigenvalue weighted by Crippen LogP contribution is 2.30. The van der Waals surface area contributed by atoms with Gasteiger partial charge in [0.15, 0.2) is 9.84 Å². The molecule has 1 saturated heterocycles. The van der Waals surface area contributed by atoms with E-state index in [-0.39, 0.29) is 30.4 Å². The molecule has 0 spiro atoms. The van der Waals surface area contributed by atoms with Crippen LogP contribution in [-0.4, -0.2) is 44.7 Å². The second-order valence-corrected chi connectivity index (χ2v) is 9.21. The van der Waals surface area contributed by atoms with Crippen LogP contribution in [0.1, 0.15) is 33.6 Å². The van der Waals surface area contributed by atoms with Crippen LogP contribution in [-0.2, 0) is 9.84 Å². The molecule has 1 rings (SSSR count). The number of carbonyl (C=O) groups is 1. The Morgan fingerprint density at radius 1 is 1.27 bits per heavy atom. The molecule has 2 N–H and O–H groups in total. The molecule has 2 amide bonds. The maximum atomic E-state index is 12.9. The minimum absolute atomic E-state index is 0.0298. The highest BCUT2D eigenvalue weighted by atomic mass is 32.2. The molecule has 0 aromatic heterocycles. The van der Waals surface area contributed by atoms with Crippen molar-refractivity contribution >= 4 is 15.9 Å². The first-order valence-electron chi connectivity index (χ1n) is 7.10. The number of urea groups is 1. The number of amides is 2. The number of sulfone groups is 1. The minimum Gasteiger partial charge on any atom is -0.338 e. The Labute approximate surface area is 128 Å². The molecule has 1 aliphatic heterocycles. The first-order valence-corrected chi connectivity index (χ1v) is 8.92. The maximum absolute atomic E-state index is 12.9. The topological polar surface area (TPSA) is 75.3 Å². The summed E-state index contributed by atoms with van der Waals surface area (Å²) in [5.74, 6) is -0.198. The number of hydrogen-bond donors (Lipinski definition) is 2. The lowest BCUT2D eigenvalue weighted by Crippen LogP contribution is -2.51. The number of rotatable bonds is 4. The molecule has 22 heavy (non-hydrogen) atoms. The summed E-state index contributed by atoms with van der Waals surface area (Å²) in [4.78, 5) is 11.6. The largest absolute Gasteiger partial charge is 0.408 e. The van der Waals surface area contributed by atoms with Gasteiger partial charge in [-0.25, -0.2) is 13.2 Å². The van der Waals surface area contributed by atoms with E-state index in [4.69, 9.17) is 0 Å². The summed E-state index contributed by atoms with van der Waals surface area (Å²) in [6, 6.07) is -2.85. The van der Waals surface area contributed by atoms with Crippen molar-refractivity contribution in [3.63, 3.8) is 0 Å². The van der Waals surface area contributed by atoms with Crippen molar-refractivity contribution in [2.45, 2.75) is 45.8 Å². The van der Waals surface area contributed by atoms with Crippen LogP contribution in [0.25, 0.3) is 0 Å². The summed E-state index contributed by atoms with van der Waals surface area (Å²) >= 11 is 0. The summed E-state index contributed by atoms with van der Waals surface area (Å²) in [7, 11) is -3.07. The van der Waals surface area contributed by atoms with E-state index < -0.39 is 33.5 Å². The number of carbonyl (C=O) groups excluding carboxylic acids is 1. The molecule has 2 atom stereocenters. The van der Waals surface area contributed by atoms with Crippen molar-refractivity contribution < 1.29 is 26.4 Å². The van der Waals surface area contributed by atoms with E-state index in [2.05, 4.69) is 5.32 Å². The van der Waals surface area contributed by atoms with E-state index in [0.717, 1.165) is 0 Å².